The van der Waals surface area contributed by atoms with Gasteiger partial charge in [0.15, 0.2) is 0 Å². The van der Waals surface area contributed by atoms with Gasteiger partial charge < -0.3 is 15.2 Å². The van der Waals surface area contributed by atoms with Gasteiger partial charge in [-0.05, 0) is 30.2 Å². The van der Waals surface area contributed by atoms with Crippen LogP contribution in [0.2, 0.25) is 0 Å². The van der Waals surface area contributed by atoms with Crippen LogP contribution in [0, 0.1) is 18.3 Å². The van der Waals surface area contributed by atoms with Crippen molar-refractivity contribution in [1.82, 2.24) is 10.2 Å². The SMILES string of the molecule is Cc1[nH]nc2c1[C@@H](c1ccc(OCc3ccccc3)cc1)C(C#N)=C(N)O2. The lowest BCUT2D eigenvalue weighted by molar-refractivity contribution is 0.306. The van der Waals surface area contributed by atoms with Gasteiger partial charge in [-0.15, -0.1) is 5.10 Å². The predicted molar refractivity (Wildman–Crippen MR) is 99.8 cm³/mol. The molecule has 0 saturated heterocycles. The van der Waals surface area contributed by atoms with E-state index >= 15 is 0 Å². The number of nitriles is 1. The van der Waals surface area contributed by atoms with E-state index in [1.165, 1.54) is 0 Å². The monoisotopic (exact) mass is 358 g/mol. The Balaban J connectivity index is 1.61. The van der Waals surface area contributed by atoms with Crippen LogP contribution < -0.4 is 15.2 Å². The fraction of sp³-hybridized carbons (Fsp3) is 0.143. The van der Waals surface area contributed by atoms with Crippen LogP contribution in [-0.2, 0) is 6.61 Å². The summed E-state index contributed by atoms with van der Waals surface area (Å²) in [4.78, 5) is 0. The number of nitrogens with two attached hydrogens (primary N) is 1. The minimum Gasteiger partial charge on any atom is -0.489 e. The zero-order valence-electron chi connectivity index (χ0n) is 14.8. The highest BCUT2D eigenvalue weighted by Crippen LogP contribution is 2.42. The van der Waals surface area contributed by atoms with Crippen molar-refractivity contribution in [2.24, 2.45) is 5.73 Å². The summed E-state index contributed by atoms with van der Waals surface area (Å²) < 4.78 is 11.3. The molecular weight excluding hydrogens is 340 g/mol. The number of aromatic nitrogens is 2. The summed E-state index contributed by atoms with van der Waals surface area (Å²) in [5.41, 5.74) is 10.0. The largest absolute Gasteiger partial charge is 0.489 e. The van der Waals surface area contributed by atoms with Crippen LogP contribution in [0.4, 0.5) is 0 Å². The number of aryl methyl sites for hydroxylation is 1. The Morgan fingerprint density at radius 3 is 2.63 bits per heavy atom. The van der Waals surface area contributed by atoms with E-state index in [0.29, 0.717) is 18.1 Å². The summed E-state index contributed by atoms with van der Waals surface area (Å²) >= 11 is 0. The van der Waals surface area contributed by atoms with E-state index in [0.717, 1.165) is 28.1 Å². The summed E-state index contributed by atoms with van der Waals surface area (Å²) in [5, 5.41) is 16.6. The number of rotatable bonds is 4. The molecule has 1 aliphatic heterocycles. The first-order chi connectivity index (χ1) is 13.2. The predicted octanol–water partition coefficient (Wildman–Crippen LogP) is 3.52. The number of hydrogen-bond acceptors (Lipinski definition) is 5. The third-order valence-corrected chi connectivity index (χ3v) is 4.59. The van der Waals surface area contributed by atoms with Crippen molar-refractivity contribution >= 4 is 0 Å². The van der Waals surface area contributed by atoms with Gasteiger partial charge in [0.1, 0.15) is 24.0 Å². The first kappa shape index (κ1) is 16.7. The lowest BCUT2D eigenvalue weighted by Gasteiger charge is -2.23. The van der Waals surface area contributed by atoms with Gasteiger partial charge >= 0.3 is 0 Å². The zero-order valence-corrected chi connectivity index (χ0v) is 14.8. The molecule has 6 nitrogen and oxygen atoms in total. The average molecular weight is 358 g/mol. The van der Waals surface area contributed by atoms with Crippen LogP contribution in [0.3, 0.4) is 0 Å². The molecule has 0 unspecified atom stereocenters. The highest BCUT2D eigenvalue weighted by Gasteiger charge is 2.34. The van der Waals surface area contributed by atoms with E-state index in [9.17, 15) is 5.26 Å². The van der Waals surface area contributed by atoms with Gasteiger partial charge in [-0.2, -0.15) is 5.26 Å². The number of fused-ring (bicyclic) bond motifs is 1. The molecule has 2 aromatic carbocycles. The molecule has 3 N–H and O–H groups in total. The van der Waals surface area contributed by atoms with Gasteiger partial charge in [0.05, 0.1) is 5.92 Å². The van der Waals surface area contributed by atoms with E-state index < -0.39 is 0 Å². The average Bonchev–Trinajstić information content (AvgIpc) is 3.07. The zero-order chi connectivity index (χ0) is 18.8. The highest BCUT2D eigenvalue weighted by atomic mass is 16.5. The number of benzene rings is 2. The third kappa shape index (κ3) is 3.11. The van der Waals surface area contributed by atoms with Crippen molar-refractivity contribution in [2.75, 3.05) is 0 Å². The third-order valence-electron chi connectivity index (χ3n) is 4.59. The number of aromatic amines is 1. The van der Waals surface area contributed by atoms with Crippen LogP contribution in [-0.4, -0.2) is 10.2 Å². The molecule has 0 aliphatic carbocycles. The fourth-order valence-electron chi connectivity index (χ4n) is 3.23. The summed E-state index contributed by atoms with van der Waals surface area (Å²) in [6, 6.07) is 19.8. The topological polar surface area (TPSA) is 97.0 Å². The number of nitrogens with zero attached hydrogens (tertiary/aromatic N) is 2. The minimum absolute atomic E-state index is 0.0888. The van der Waals surface area contributed by atoms with Crippen molar-refractivity contribution in [3.8, 4) is 17.7 Å². The lowest BCUT2D eigenvalue weighted by Crippen LogP contribution is -2.21. The first-order valence-corrected chi connectivity index (χ1v) is 8.56. The van der Waals surface area contributed by atoms with Crippen molar-refractivity contribution in [1.29, 1.82) is 5.26 Å². The summed E-state index contributed by atoms with van der Waals surface area (Å²) in [5.74, 6) is 0.944. The second kappa shape index (κ2) is 6.89. The fourth-order valence-corrected chi connectivity index (χ4v) is 3.23. The molecule has 27 heavy (non-hydrogen) atoms. The second-order valence-corrected chi connectivity index (χ2v) is 6.34. The quantitative estimate of drug-likeness (QED) is 0.744. The van der Waals surface area contributed by atoms with Gasteiger partial charge in [-0.1, -0.05) is 42.5 Å². The standard InChI is InChI=1S/C21H18N4O2/c1-13-18-19(17(11-22)20(23)27-21(18)25-24-13)15-7-9-16(10-8-15)26-12-14-5-3-2-4-6-14/h2-10,19H,12,23H2,1H3,(H,24,25)/t19-/m0/s1. The molecule has 2 heterocycles. The van der Waals surface area contributed by atoms with Crippen LogP contribution in [0.25, 0.3) is 0 Å². The smallest absolute Gasteiger partial charge is 0.244 e. The van der Waals surface area contributed by atoms with Crippen LogP contribution in [0.1, 0.15) is 28.3 Å². The van der Waals surface area contributed by atoms with Gasteiger partial charge in [0, 0.05) is 11.3 Å². The maximum atomic E-state index is 9.59. The van der Waals surface area contributed by atoms with Crippen molar-refractivity contribution in [3.63, 3.8) is 0 Å². The van der Waals surface area contributed by atoms with E-state index in [-0.39, 0.29) is 11.8 Å². The second-order valence-electron chi connectivity index (χ2n) is 6.34. The Morgan fingerprint density at radius 2 is 1.93 bits per heavy atom. The van der Waals surface area contributed by atoms with Crippen molar-refractivity contribution in [3.05, 3.63) is 88.4 Å². The van der Waals surface area contributed by atoms with Crippen LogP contribution in [0.5, 0.6) is 11.6 Å². The van der Waals surface area contributed by atoms with Crippen LogP contribution >= 0.6 is 0 Å². The summed E-state index contributed by atoms with van der Waals surface area (Å²) in [7, 11) is 0. The van der Waals surface area contributed by atoms with E-state index in [2.05, 4.69) is 16.3 Å². The van der Waals surface area contributed by atoms with E-state index in [4.69, 9.17) is 15.2 Å². The number of ether oxygens (including phenoxy) is 2. The molecule has 0 fully saturated rings. The molecule has 0 bridgehead atoms. The molecule has 0 amide bonds. The van der Waals surface area contributed by atoms with E-state index in [1.807, 2.05) is 61.5 Å². The molecular formula is C21H18N4O2. The Morgan fingerprint density at radius 1 is 1.19 bits per heavy atom. The molecule has 1 aliphatic rings. The van der Waals surface area contributed by atoms with Gasteiger partial charge in [0.25, 0.3) is 0 Å². The molecule has 0 spiro atoms. The Bertz CT molecular complexity index is 1030. The van der Waals surface area contributed by atoms with Crippen molar-refractivity contribution in [2.45, 2.75) is 19.4 Å². The molecule has 3 aromatic rings. The number of nitrogens with one attached hydrogen (secondary N) is 1. The molecule has 6 heteroatoms. The number of hydrogen-bond donors (Lipinski definition) is 2. The van der Waals surface area contributed by atoms with Gasteiger partial charge in [0.2, 0.25) is 11.8 Å². The normalized spacial score (nSPS) is 15.6. The molecule has 0 radical (unpaired) electrons. The summed E-state index contributed by atoms with van der Waals surface area (Å²) in [6.45, 7) is 2.40. The Kier molecular flexibility index (Phi) is 4.27. The highest BCUT2D eigenvalue weighted by molar-refractivity contribution is 5.55. The minimum atomic E-state index is -0.319. The molecule has 4 rings (SSSR count). The van der Waals surface area contributed by atoms with Crippen molar-refractivity contribution < 1.29 is 9.47 Å². The molecule has 1 atom stereocenters. The molecule has 0 saturated carbocycles. The first-order valence-electron chi connectivity index (χ1n) is 8.56. The van der Waals surface area contributed by atoms with E-state index in [1.54, 1.807) is 0 Å². The summed E-state index contributed by atoms with van der Waals surface area (Å²) in [6.07, 6.45) is 0. The number of H-pyrrole nitrogens is 1. The molecule has 1 aromatic heterocycles. The van der Waals surface area contributed by atoms with Gasteiger partial charge in [-0.25, -0.2) is 0 Å². The molecule has 134 valence electrons. The maximum Gasteiger partial charge on any atom is 0.244 e. The number of allylic oxidation sites excluding steroid dienone is 1. The van der Waals surface area contributed by atoms with Gasteiger partial charge in [-0.3, -0.25) is 5.10 Å². The van der Waals surface area contributed by atoms with Crippen LogP contribution in [0.15, 0.2) is 66.1 Å². The Hall–Kier alpha value is -3.72. The lowest BCUT2D eigenvalue weighted by atomic mass is 9.84. The maximum absolute atomic E-state index is 9.59. The Labute approximate surface area is 156 Å².